The maximum absolute atomic E-state index is 11.8. The van der Waals surface area contributed by atoms with E-state index in [-0.39, 0.29) is 12.1 Å². The number of aliphatic hydroxyl groups excluding tert-OH is 1. The Morgan fingerprint density at radius 2 is 2.05 bits per heavy atom. The number of carbonyl (C=O) groups excluding carboxylic acids is 2. The van der Waals surface area contributed by atoms with Gasteiger partial charge in [-0.15, -0.1) is 0 Å². The number of fused-ring (bicyclic) bond motifs is 1. The van der Waals surface area contributed by atoms with E-state index < -0.39 is 30.2 Å². The van der Waals surface area contributed by atoms with Crippen molar-refractivity contribution in [2.24, 2.45) is 0 Å². The Kier molecular flexibility index (Phi) is 3.55. The highest BCUT2D eigenvalue weighted by atomic mass is 35.5. The molecule has 1 unspecified atom stereocenters. The van der Waals surface area contributed by atoms with Gasteiger partial charge >= 0.3 is 5.97 Å². The molecule has 7 heteroatoms. The average molecular weight is 284 g/mol. The highest BCUT2D eigenvalue weighted by molar-refractivity contribution is 6.52. The maximum atomic E-state index is 11.8. The van der Waals surface area contributed by atoms with Gasteiger partial charge in [0.05, 0.1) is 30.3 Å². The summed E-state index contributed by atoms with van der Waals surface area (Å²) in [6.07, 6.45) is -1.74. The van der Waals surface area contributed by atoms with Gasteiger partial charge in [-0.25, -0.2) is 0 Å². The van der Waals surface area contributed by atoms with Crippen molar-refractivity contribution in [2.45, 2.75) is 12.5 Å². The largest absolute Gasteiger partial charge is 0.481 e. The number of carboxylic acids is 1. The summed E-state index contributed by atoms with van der Waals surface area (Å²) in [7, 11) is 0. The molecule has 0 aliphatic carbocycles. The number of anilines is 1. The number of carboxylic acid groups (broad SMARTS) is 1. The molecule has 0 bridgehead atoms. The van der Waals surface area contributed by atoms with E-state index in [4.69, 9.17) is 16.7 Å². The van der Waals surface area contributed by atoms with Crippen LogP contribution in [0.5, 0.6) is 0 Å². The first-order valence-electron chi connectivity index (χ1n) is 5.45. The Morgan fingerprint density at radius 1 is 1.37 bits per heavy atom. The smallest absolute Gasteiger partial charge is 0.306 e. The van der Waals surface area contributed by atoms with Crippen LogP contribution in [0.3, 0.4) is 0 Å². The molecule has 1 aliphatic heterocycles. The second kappa shape index (κ2) is 4.99. The summed E-state index contributed by atoms with van der Waals surface area (Å²) in [6.45, 7) is -0.245. The number of ketones is 1. The average Bonchev–Trinajstić information content (AvgIpc) is 2.53. The fraction of sp³-hybridized carbons (Fsp3) is 0.250. The van der Waals surface area contributed by atoms with Gasteiger partial charge in [-0.3, -0.25) is 14.4 Å². The lowest BCUT2D eigenvalue weighted by Crippen LogP contribution is -2.37. The number of β-amino-alcohol motifs (C(OH)–C–C–N with tert-alkyl or cyclic N) is 1. The topological polar surface area (TPSA) is 94.9 Å². The Balaban J connectivity index is 2.26. The number of amides is 1. The number of carbonyl (C=O) groups is 3. The van der Waals surface area contributed by atoms with E-state index in [1.54, 1.807) is 0 Å². The zero-order valence-electron chi connectivity index (χ0n) is 9.67. The minimum absolute atomic E-state index is 0.167. The van der Waals surface area contributed by atoms with E-state index in [1.807, 2.05) is 0 Å². The molecule has 100 valence electrons. The lowest BCUT2D eigenvalue weighted by atomic mass is 10.1. The van der Waals surface area contributed by atoms with Gasteiger partial charge in [0.15, 0.2) is 0 Å². The monoisotopic (exact) mass is 283 g/mol. The fourth-order valence-corrected chi connectivity index (χ4v) is 2.10. The standard InChI is InChI=1S/C12H10ClNO5/c13-6-1-2-9-8(3-6)11(18)12(19)14(9)5-7(15)4-10(16)17/h1-3,7,15H,4-5H2,(H,16,17). The molecule has 0 radical (unpaired) electrons. The summed E-state index contributed by atoms with van der Waals surface area (Å²) in [5.74, 6) is -2.68. The van der Waals surface area contributed by atoms with Crippen molar-refractivity contribution >= 4 is 34.9 Å². The fourth-order valence-electron chi connectivity index (χ4n) is 1.93. The second-order valence-corrected chi connectivity index (χ2v) is 4.59. The number of aliphatic hydroxyl groups is 1. The maximum Gasteiger partial charge on any atom is 0.306 e. The molecule has 2 rings (SSSR count). The van der Waals surface area contributed by atoms with Gasteiger partial charge < -0.3 is 15.1 Å². The Morgan fingerprint density at radius 3 is 2.68 bits per heavy atom. The molecule has 2 N–H and O–H groups in total. The van der Waals surface area contributed by atoms with Crippen molar-refractivity contribution in [3.8, 4) is 0 Å². The normalized spacial score (nSPS) is 15.6. The van der Waals surface area contributed by atoms with Crippen LogP contribution in [0.15, 0.2) is 18.2 Å². The number of Topliss-reactive ketones (excluding diaryl/α,β-unsaturated/α-hetero) is 1. The third kappa shape index (κ3) is 2.59. The Bertz CT molecular complexity index is 571. The van der Waals surface area contributed by atoms with Crippen LogP contribution in [0.4, 0.5) is 5.69 Å². The molecular formula is C12H10ClNO5. The summed E-state index contributed by atoms with van der Waals surface area (Å²) < 4.78 is 0. The quantitative estimate of drug-likeness (QED) is 0.793. The molecule has 1 atom stereocenters. The molecule has 1 aromatic rings. The molecule has 19 heavy (non-hydrogen) atoms. The molecule has 1 aliphatic rings. The Hall–Kier alpha value is -1.92. The van der Waals surface area contributed by atoms with Gasteiger partial charge in [0.2, 0.25) is 0 Å². The molecule has 0 saturated carbocycles. The molecular weight excluding hydrogens is 274 g/mol. The number of hydrogen-bond acceptors (Lipinski definition) is 4. The highest BCUT2D eigenvalue weighted by Crippen LogP contribution is 2.31. The third-order valence-corrected chi connectivity index (χ3v) is 2.97. The first-order chi connectivity index (χ1) is 8.90. The van der Waals surface area contributed by atoms with Crippen LogP contribution in [-0.2, 0) is 9.59 Å². The number of benzene rings is 1. The number of nitrogens with zero attached hydrogens (tertiary/aromatic N) is 1. The number of halogens is 1. The van der Waals surface area contributed by atoms with Gasteiger partial charge in [0.25, 0.3) is 11.7 Å². The van der Waals surface area contributed by atoms with E-state index >= 15 is 0 Å². The SMILES string of the molecule is O=C(O)CC(O)CN1C(=O)C(=O)c2cc(Cl)ccc21. The van der Waals surface area contributed by atoms with Crippen molar-refractivity contribution < 1.29 is 24.6 Å². The highest BCUT2D eigenvalue weighted by Gasteiger charge is 2.36. The van der Waals surface area contributed by atoms with Crippen molar-refractivity contribution in [1.29, 1.82) is 0 Å². The van der Waals surface area contributed by atoms with Gasteiger partial charge in [0.1, 0.15) is 0 Å². The third-order valence-electron chi connectivity index (χ3n) is 2.74. The molecule has 0 aromatic heterocycles. The summed E-state index contributed by atoms with van der Waals surface area (Å²) in [4.78, 5) is 35.0. The van der Waals surface area contributed by atoms with Gasteiger partial charge in [-0.1, -0.05) is 11.6 Å². The zero-order valence-corrected chi connectivity index (χ0v) is 10.4. The van der Waals surface area contributed by atoms with Crippen LogP contribution in [0, 0.1) is 0 Å². The minimum atomic E-state index is -1.24. The van der Waals surface area contributed by atoms with Crippen LogP contribution in [-0.4, -0.2) is 40.5 Å². The van der Waals surface area contributed by atoms with Crippen LogP contribution in [0.25, 0.3) is 0 Å². The van der Waals surface area contributed by atoms with Gasteiger partial charge in [-0.05, 0) is 18.2 Å². The predicted molar refractivity (Wildman–Crippen MR) is 66.4 cm³/mol. The van der Waals surface area contributed by atoms with Crippen LogP contribution in [0.1, 0.15) is 16.8 Å². The molecule has 0 spiro atoms. The van der Waals surface area contributed by atoms with E-state index in [0.29, 0.717) is 10.7 Å². The molecule has 1 aromatic carbocycles. The van der Waals surface area contributed by atoms with Crippen LogP contribution >= 0.6 is 11.6 Å². The first kappa shape index (κ1) is 13.5. The molecule has 6 nitrogen and oxygen atoms in total. The minimum Gasteiger partial charge on any atom is -0.481 e. The van der Waals surface area contributed by atoms with Gasteiger partial charge in [-0.2, -0.15) is 0 Å². The summed E-state index contributed by atoms with van der Waals surface area (Å²) >= 11 is 5.75. The van der Waals surface area contributed by atoms with Crippen molar-refractivity contribution in [3.63, 3.8) is 0 Å². The summed E-state index contributed by atoms with van der Waals surface area (Å²) in [6, 6.07) is 4.39. The van der Waals surface area contributed by atoms with Crippen LogP contribution in [0.2, 0.25) is 5.02 Å². The van der Waals surface area contributed by atoms with Crippen molar-refractivity contribution in [1.82, 2.24) is 0 Å². The summed E-state index contributed by atoms with van der Waals surface area (Å²) in [5, 5.41) is 18.4. The zero-order chi connectivity index (χ0) is 14.2. The Labute approximate surface area is 113 Å². The predicted octanol–water partition coefficient (Wildman–Crippen LogP) is 0.705. The molecule has 0 saturated heterocycles. The lowest BCUT2D eigenvalue weighted by Gasteiger charge is -2.19. The first-order valence-corrected chi connectivity index (χ1v) is 5.83. The summed E-state index contributed by atoms with van der Waals surface area (Å²) in [5.41, 5.74) is 0.504. The molecule has 1 heterocycles. The number of hydrogen-bond donors (Lipinski definition) is 2. The van der Waals surface area contributed by atoms with E-state index in [2.05, 4.69) is 0 Å². The second-order valence-electron chi connectivity index (χ2n) is 4.16. The van der Waals surface area contributed by atoms with Gasteiger partial charge in [0, 0.05) is 5.02 Å². The number of aliphatic carboxylic acids is 1. The number of rotatable bonds is 4. The molecule has 0 fully saturated rings. The van der Waals surface area contributed by atoms with E-state index in [1.165, 1.54) is 18.2 Å². The van der Waals surface area contributed by atoms with Crippen molar-refractivity contribution in [3.05, 3.63) is 28.8 Å². The van der Waals surface area contributed by atoms with E-state index in [9.17, 15) is 19.5 Å². The van der Waals surface area contributed by atoms with Crippen LogP contribution < -0.4 is 4.90 Å². The molecule has 1 amide bonds. The van der Waals surface area contributed by atoms with Crippen molar-refractivity contribution in [2.75, 3.05) is 11.4 Å². The lowest BCUT2D eigenvalue weighted by molar-refractivity contribution is -0.139. The van der Waals surface area contributed by atoms with E-state index in [0.717, 1.165) is 4.90 Å².